The average Bonchev–Trinajstić information content (AvgIpc) is 3.50. The maximum atomic E-state index is 13.6. The van der Waals surface area contributed by atoms with E-state index in [2.05, 4.69) is 20.3 Å². The minimum absolute atomic E-state index is 0.00287. The lowest BCUT2D eigenvalue weighted by Gasteiger charge is -2.10. The van der Waals surface area contributed by atoms with Crippen LogP contribution in [-0.4, -0.2) is 20.9 Å². The largest absolute Gasteiger partial charge is 0.396 e. The summed E-state index contributed by atoms with van der Waals surface area (Å²) in [7, 11) is 0. The molecule has 136 valence electrons. The molecule has 1 saturated carbocycles. The molecule has 3 aromatic rings. The van der Waals surface area contributed by atoms with E-state index < -0.39 is 5.82 Å². The molecule has 6 nitrogen and oxygen atoms in total. The molecular weight excluding hydrogens is 345 g/mol. The molecule has 4 rings (SSSR count). The molecule has 0 radical (unpaired) electrons. The van der Waals surface area contributed by atoms with Crippen molar-refractivity contribution in [3.63, 3.8) is 0 Å². The quantitative estimate of drug-likeness (QED) is 0.691. The average molecular weight is 363 g/mol. The number of hydrogen-bond acceptors (Lipinski definition) is 5. The first-order valence-electron chi connectivity index (χ1n) is 8.66. The highest BCUT2D eigenvalue weighted by Crippen LogP contribution is 2.31. The Morgan fingerprint density at radius 2 is 2.00 bits per heavy atom. The fourth-order valence-corrected chi connectivity index (χ4v) is 2.83. The van der Waals surface area contributed by atoms with Crippen LogP contribution in [0.5, 0.6) is 0 Å². The molecule has 2 heterocycles. The third-order valence-corrected chi connectivity index (χ3v) is 4.51. The number of nitrogens with zero attached hydrogens (tertiary/aromatic N) is 3. The third kappa shape index (κ3) is 3.62. The van der Waals surface area contributed by atoms with Crippen LogP contribution in [0.15, 0.2) is 42.9 Å². The van der Waals surface area contributed by atoms with Gasteiger partial charge in [0.2, 0.25) is 5.91 Å². The molecule has 0 unspecified atom stereocenters. The number of aromatic nitrogens is 3. The van der Waals surface area contributed by atoms with Crippen molar-refractivity contribution >= 4 is 17.4 Å². The second kappa shape index (κ2) is 6.75. The summed E-state index contributed by atoms with van der Waals surface area (Å²) in [6, 6.07) is 6.51. The second-order valence-corrected chi connectivity index (χ2v) is 6.67. The molecular formula is C20H18FN5O. The van der Waals surface area contributed by atoms with E-state index in [1.54, 1.807) is 43.7 Å². The van der Waals surface area contributed by atoms with Crippen LogP contribution in [0.2, 0.25) is 0 Å². The lowest BCUT2D eigenvalue weighted by molar-refractivity contribution is -0.117. The number of nitrogens with two attached hydrogens (primary N) is 1. The van der Waals surface area contributed by atoms with Gasteiger partial charge in [-0.15, -0.1) is 0 Å². The minimum atomic E-state index is -0.453. The Hall–Kier alpha value is -3.35. The Morgan fingerprint density at radius 3 is 2.78 bits per heavy atom. The molecule has 1 aliphatic carbocycles. The summed E-state index contributed by atoms with van der Waals surface area (Å²) >= 11 is 0. The Morgan fingerprint density at radius 1 is 1.22 bits per heavy atom. The fourth-order valence-electron chi connectivity index (χ4n) is 2.83. The number of anilines is 2. The number of carbonyl (C=O) groups is 1. The van der Waals surface area contributed by atoms with Crippen LogP contribution < -0.4 is 11.1 Å². The van der Waals surface area contributed by atoms with Crippen LogP contribution in [-0.2, 0) is 4.79 Å². The smallest absolute Gasteiger partial charge is 0.228 e. The van der Waals surface area contributed by atoms with E-state index in [-0.39, 0.29) is 17.5 Å². The molecule has 27 heavy (non-hydrogen) atoms. The van der Waals surface area contributed by atoms with Crippen LogP contribution in [0.4, 0.5) is 15.9 Å². The molecule has 0 bridgehead atoms. The Kier molecular flexibility index (Phi) is 4.27. The van der Waals surface area contributed by atoms with Crippen molar-refractivity contribution in [3.05, 3.63) is 54.2 Å². The SMILES string of the molecule is Cc1cc(F)c(N)cc1-c1cncc(-c2ccnc(NC(=O)C3CC3)c2)n1. The maximum Gasteiger partial charge on any atom is 0.228 e. The van der Waals surface area contributed by atoms with E-state index in [1.807, 2.05) is 0 Å². The minimum Gasteiger partial charge on any atom is -0.396 e. The van der Waals surface area contributed by atoms with Crippen molar-refractivity contribution in [3.8, 4) is 22.5 Å². The number of hydrogen-bond donors (Lipinski definition) is 2. The number of amides is 1. The zero-order valence-electron chi connectivity index (χ0n) is 14.7. The van der Waals surface area contributed by atoms with Crippen molar-refractivity contribution in [1.29, 1.82) is 0 Å². The summed E-state index contributed by atoms with van der Waals surface area (Å²) in [6.07, 6.45) is 6.72. The van der Waals surface area contributed by atoms with Gasteiger partial charge in [0.05, 0.1) is 29.5 Å². The van der Waals surface area contributed by atoms with Gasteiger partial charge in [0.15, 0.2) is 0 Å². The molecule has 1 fully saturated rings. The number of halogens is 1. The summed E-state index contributed by atoms with van der Waals surface area (Å²) in [5.74, 6) is 0.131. The Labute approximate surface area is 155 Å². The van der Waals surface area contributed by atoms with Gasteiger partial charge in [-0.3, -0.25) is 9.78 Å². The lowest BCUT2D eigenvalue weighted by Crippen LogP contribution is -2.14. The van der Waals surface area contributed by atoms with Crippen molar-refractivity contribution in [2.75, 3.05) is 11.1 Å². The van der Waals surface area contributed by atoms with Gasteiger partial charge in [0, 0.05) is 23.2 Å². The summed E-state index contributed by atoms with van der Waals surface area (Å²) in [5, 5.41) is 2.83. The molecule has 2 aromatic heterocycles. The van der Waals surface area contributed by atoms with Crippen LogP contribution in [0.1, 0.15) is 18.4 Å². The van der Waals surface area contributed by atoms with Crippen LogP contribution in [0, 0.1) is 18.7 Å². The van der Waals surface area contributed by atoms with E-state index in [0.717, 1.165) is 29.5 Å². The number of nitrogens with one attached hydrogen (secondary N) is 1. The zero-order chi connectivity index (χ0) is 19.0. The molecule has 1 amide bonds. The molecule has 7 heteroatoms. The molecule has 0 aliphatic heterocycles. The van der Waals surface area contributed by atoms with Crippen molar-refractivity contribution in [2.45, 2.75) is 19.8 Å². The van der Waals surface area contributed by atoms with E-state index in [9.17, 15) is 9.18 Å². The summed E-state index contributed by atoms with van der Waals surface area (Å²) in [5.41, 5.74) is 9.21. The van der Waals surface area contributed by atoms with Gasteiger partial charge in [0.25, 0.3) is 0 Å². The number of benzene rings is 1. The lowest BCUT2D eigenvalue weighted by atomic mass is 10.0. The molecule has 3 N–H and O–H groups in total. The number of aryl methyl sites for hydroxylation is 1. The fraction of sp³-hybridized carbons (Fsp3) is 0.200. The number of carbonyl (C=O) groups excluding carboxylic acids is 1. The standard InChI is InChI=1S/C20H18FN5O/c1-11-6-15(21)16(22)8-14(11)18-10-23-9-17(25-18)13-4-5-24-19(7-13)26-20(27)12-2-3-12/h4-10,12H,2-3,22H2,1H3,(H,24,26,27). The van der Waals surface area contributed by atoms with Crippen LogP contribution in [0.25, 0.3) is 22.5 Å². The van der Waals surface area contributed by atoms with Gasteiger partial charge in [-0.2, -0.15) is 0 Å². The van der Waals surface area contributed by atoms with Gasteiger partial charge < -0.3 is 11.1 Å². The third-order valence-electron chi connectivity index (χ3n) is 4.51. The number of nitrogen functional groups attached to an aromatic ring is 1. The molecule has 0 saturated heterocycles. The predicted octanol–water partition coefficient (Wildman–Crippen LogP) is 3.58. The normalized spacial score (nSPS) is 13.4. The van der Waals surface area contributed by atoms with Crippen LogP contribution in [0.3, 0.4) is 0 Å². The maximum absolute atomic E-state index is 13.6. The van der Waals surface area contributed by atoms with Gasteiger partial charge >= 0.3 is 0 Å². The Balaban J connectivity index is 1.67. The first-order valence-corrected chi connectivity index (χ1v) is 8.66. The molecule has 0 atom stereocenters. The van der Waals surface area contributed by atoms with Crippen molar-refractivity contribution in [1.82, 2.24) is 15.0 Å². The topological polar surface area (TPSA) is 93.8 Å². The van der Waals surface area contributed by atoms with E-state index in [0.29, 0.717) is 17.2 Å². The van der Waals surface area contributed by atoms with E-state index in [4.69, 9.17) is 5.73 Å². The van der Waals surface area contributed by atoms with Crippen molar-refractivity contribution in [2.24, 2.45) is 5.92 Å². The highest BCUT2D eigenvalue weighted by atomic mass is 19.1. The highest BCUT2D eigenvalue weighted by Gasteiger charge is 2.29. The van der Waals surface area contributed by atoms with Gasteiger partial charge in [-0.25, -0.2) is 14.4 Å². The van der Waals surface area contributed by atoms with E-state index in [1.165, 1.54) is 6.07 Å². The zero-order valence-corrected chi connectivity index (χ0v) is 14.7. The number of pyridine rings is 1. The van der Waals surface area contributed by atoms with Gasteiger partial charge in [-0.05, 0) is 49.6 Å². The monoisotopic (exact) mass is 363 g/mol. The molecule has 1 aliphatic rings. The van der Waals surface area contributed by atoms with Gasteiger partial charge in [0.1, 0.15) is 11.6 Å². The summed E-state index contributed by atoms with van der Waals surface area (Å²) in [6.45, 7) is 1.80. The van der Waals surface area contributed by atoms with E-state index >= 15 is 0 Å². The summed E-state index contributed by atoms with van der Waals surface area (Å²) in [4.78, 5) is 25.0. The molecule has 0 spiro atoms. The van der Waals surface area contributed by atoms with Crippen LogP contribution >= 0.6 is 0 Å². The van der Waals surface area contributed by atoms with Crippen molar-refractivity contribution < 1.29 is 9.18 Å². The van der Waals surface area contributed by atoms with Gasteiger partial charge in [-0.1, -0.05) is 0 Å². The second-order valence-electron chi connectivity index (χ2n) is 6.67. The summed E-state index contributed by atoms with van der Waals surface area (Å²) < 4.78 is 13.6. The molecule has 1 aromatic carbocycles. The number of rotatable bonds is 4. The first kappa shape index (κ1) is 17.1. The Bertz CT molecular complexity index is 1030. The highest BCUT2D eigenvalue weighted by molar-refractivity contribution is 5.93. The first-order chi connectivity index (χ1) is 13.0. The predicted molar refractivity (Wildman–Crippen MR) is 101 cm³/mol.